The van der Waals surface area contributed by atoms with Gasteiger partial charge in [-0.15, -0.1) is 17.2 Å². The lowest BCUT2D eigenvalue weighted by Gasteiger charge is -2.26. The number of nitrogens with one attached hydrogen (secondary N) is 2. The highest BCUT2D eigenvalue weighted by Gasteiger charge is 2.29. The first kappa shape index (κ1) is 12.6. The van der Waals surface area contributed by atoms with Crippen LogP contribution in [0.5, 0.6) is 0 Å². The summed E-state index contributed by atoms with van der Waals surface area (Å²) < 4.78 is 13.7. The quantitative estimate of drug-likeness (QED) is 0.337. The first-order valence-electron chi connectivity index (χ1n) is 4.82. The molecule has 1 aliphatic carbocycles. The van der Waals surface area contributed by atoms with E-state index in [0.717, 1.165) is 17.6 Å². The van der Waals surface area contributed by atoms with Crippen LogP contribution in [0.3, 0.4) is 0 Å². The van der Waals surface area contributed by atoms with Gasteiger partial charge in [-0.25, -0.2) is 9.82 Å². The van der Waals surface area contributed by atoms with E-state index in [1.54, 1.807) is 6.08 Å². The van der Waals surface area contributed by atoms with Crippen LogP contribution in [0, 0.1) is 0 Å². The fourth-order valence-corrected chi connectivity index (χ4v) is 1.76. The van der Waals surface area contributed by atoms with Crippen molar-refractivity contribution in [2.24, 2.45) is 0 Å². The van der Waals surface area contributed by atoms with Crippen LogP contribution in [0.4, 0.5) is 4.39 Å². The third kappa shape index (κ3) is 3.57. The molecule has 0 spiro atoms. The molecular formula is C10H16ClFN2O. The molecule has 0 aromatic rings. The van der Waals surface area contributed by atoms with E-state index in [2.05, 4.69) is 22.4 Å². The summed E-state index contributed by atoms with van der Waals surface area (Å²) in [7, 11) is 1.50. The molecule has 0 heterocycles. The smallest absolute Gasteiger partial charge is 0.141 e. The van der Waals surface area contributed by atoms with E-state index in [1.165, 1.54) is 7.11 Å². The molecule has 0 aromatic heterocycles. The van der Waals surface area contributed by atoms with Gasteiger partial charge in [-0.1, -0.05) is 18.2 Å². The SMILES string of the molecule is C=C1CC/C(=C\CNNOC)C(F)C1Cl. The van der Waals surface area contributed by atoms with Gasteiger partial charge in [0.05, 0.1) is 12.5 Å². The van der Waals surface area contributed by atoms with Gasteiger partial charge in [-0.2, -0.15) is 0 Å². The molecule has 0 aliphatic heterocycles. The Morgan fingerprint density at radius 1 is 1.67 bits per heavy atom. The molecule has 1 rings (SSSR count). The normalized spacial score (nSPS) is 29.8. The number of rotatable bonds is 4. The van der Waals surface area contributed by atoms with Crippen LogP contribution in [0.1, 0.15) is 12.8 Å². The summed E-state index contributed by atoms with van der Waals surface area (Å²) in [5, 5.41) is -0.583. The van der Waals surface area contributed by atoms with E-state index in [0.29, 0.717) is 13.0 Å². The Bertz CT molecular complexity index is 258. The maximum absolute atomic E-state index is 13.7. The molecule has 0 saturated heterocycles. The first-order chi connectivity index (χ1) is 7.16. The topological polar surface area (TPSA) is 33.3 Å². The Morgan fingerprint density at radius 2 is 2.40 bits per heavy atom. The fourth-order valence-electron chi connectivity index (χ4n) is 1.49. The first-order valence-corrected chi connectivity index (χ1v) is 5.26. The third-order valence-corrected chi connectivity index (χ3v) is 2.91. The fraction of sp³-hybridized carbons (Fsp3) is 0.600. The molecule has 2 N–H and O–H groups in total. The van der Waals surface area contributed by atoms with E-state index >= 15 is 0 Å². The van der Waals surface area contributed by atoms with Gasteiger partial charge in [0, 0.05) is 6.54 Å². The zero-order valence-electron chi connectivity index (χ0n) is 8.72. The molecule has 2 atom stereocenters. The number of halogens is 2. The van der Waals surface area contributed by atoms with Gasteiger partial charge in [0.2, 0.25) is 0 Å². The van der Waals surface area contributed by atoms with Gasteiger partial charge in [-0.3, -0.25) is 4.84 Å². The number of alkyl halides is 2. The molecule has 1 fully saturated rings. The maximum Gasteiger partial charge on any atom is 0.141 e. The standard InChI is InChI=1S/C10H16ClFN2O/c1-7-3-4-8(10(12)9(7)11)5-6-13-14-15-2/h5,9-10,13-14H,1,3-4,6H2,2H3/b8-5+. The molecule has 1 aliphatic rings. The van der Waals surface area contributed by atoms with Crippen molar-refractivity contribution >= 4 is 11.6 Å². The third-order valence-electron chi connectivity index (χ3n) is 2.38. The molecule has 86 valence electrons. The number of allylic oxidation sites excluding steroid dienone is 2. The molecular weight excluding hydrogens is 219 g/mol. The molecule has 1 saturated carbocycles. The van der Waals surface area contributed by atoms with Crippen molar-refractivity contribution in [2.75, 3.05) is 13.7 Å². The minimum atomic E-state index is -1.11. The van der Waals surface area contributed by atoms with Gasteiger partial charge in [0.1, 0.15) is 6.17 Å². The molecule has 0 aromatic carbocycles. The van der Waals surface area contributed by atoms with E-state index in [-0.39, 0.29) is 0 Å². The van der Waals surface area contributed by atoms with Crippen LogP contribution in [-0.2, 0) is 4.84 Å². The Balaban J connectivity index is 2.44. The monoisotopic (exact) mass is 234 g/mol. The molecule has 0 bridgehead atoms. The van der Waals surface area contributed by atoms with E-state index < -0.39 is 11.5 Å². The van der Waals surface area contributed by atoms with Crippen molar-refractivity contribution in [3.63, 3.8) is 0 Å². The summed E-state index contributed by atoms with van der Waals surface area (Å²) in [5.74, 6) is 0. The maximum atomic E-state index is 13.7. The van der Waals surface area contributed by atoms with E-state index in [4.69, 9.17) is 11.6 Å². The van der Waals surface area contributed by atoms with Crippen LogP contribution in [0.2, 0.25) is 0 Å². The van der Waals surface area contributed by atoms with Crippen LogP contribution < -0.4 is 11.0 Å². The summed E-state index contributed by atoms with van der Waals surface area (Å²) in [4.78, 5) is 4.57. The van der Waals surface area contributed by atoms with Gasteiger partial charge >= 0.3 is 0 Å². The predicted octanol–water partition coefficient (Wildman–Crippen LogP) is 1.86. The molecule has 15 heavy (non-hydrogen) atoms. The lowest BCUT2D eigenvalue weighted by Crippen LogP contribution is -2.32. The average molecular weight is 235 g/mol. The number of hydrogen-bond acceptors (Lipinski definition) is 3. The average Bonchev–Trinajstić information content (AvgIpc) is 2.24. The largest absolute Gasteiger partial charge is 0.290 e. The number of hydrazine groups is 1. The summed E-state index contributed by atoms with van der Waals surface area (Å²) in [5.41, 5.74) is 6.71. The van der Waals surface area contributed by atoms with Gasteiger partial charge in [-0.05, 0) is 18.4 Å². The van der Waals surface area contributed by atoms with Crippen molar-refractivity contribution in [2.45, 2.75) is 24.4 Å². The highest BCUT2D eigenvalue weighted by Crippen LogP contribution is 2.33. The Hall–Kier alpha value is -0.420. The summed E-state index contributed by atoms with van der Waals surface area (Å²) in [6.07, 6.45) is 2.13. The van der Waals surface area contributed by atoms with Crippen molar-refractivity contribution in [1.82, 2.24) is 11.0 Å². The Labute approximate surface area is 94.2 Å². The Kier molecular flexibility index (Phi) is 5.25. The molecule has 0 amide bonds. The van der Waals surface area contributed by atoms with Gasteiger partial charge in [0.15, 0.2) is 0 Å². The molecule has 0 radical (unpaired) electrons. The lowest BCUT2D eigenvalue weighted by molar-refractivity contribution is 0.0588. The minimum absolute atomic E-state index is 0.500. The van der Waals surface area contributed by atoms with Crippen molar-refractivity contribution in [1.29, 1.82) is 0 Å². The minimum Gasteiger partial charge on any atom is -0.290 e. The molecule has 5 heteroatoms. The highest BCUT2D eigenvalue weighted by atomic mass is 35.5. The van der Waals surface area contributed by atoms with E-state index in [9.17, 15) is 4.39 Å². The second kappa shape index (κ2) is 6.23. The molecule has 3 nitrogen and oxygen atoms in total. The van der Waals surface area contributed by atoms with Crippen LogP contribution in [0.15, 0.2) is 23.8 Å². The van der Waals surface area contributed by atoms with Gasteiger partial charge < -0.3 is 0 Å². The summed E-state index contributed by atoms with van der Waals surface area (Å²) >= 11 is 5.88. The Morgan fingerprint density at radius 3 is 3.07 bits per heavy atom. The van der Waals surface area contributed by atoms with Crippen LogP contribution >= 0.6 is 11.6 Å². The lowest BCUT2D eigenvalue weighted by atomic mass is 9.89. The van der Waals surface area contributed by atoms with E-state index in [1.807, 2.05) is 0 Å². The zero-order chi connectivity index (χ0) is 11.3. The van der Waals surface area contributed by atoms with Crippen molar-refractivity contribution in [3.8, 4) is 0 Å². The van der Waals surface area contributed by atoms with Crippen molar-refractivity contribution < 1.29 is 9.23 Å². The van der Waals surface area contributed by atoms with Crippen LogP contribution in [0.25, 0.3) is 0 Å². The van der Waals surface area contributed by atoms with Gasteiger partial charge in [0.25, 0.3) is 0 Å². The summed E-state index contributed by atoms with van der Waals surface area (Å²) in [6.45, 7) is 4.24. The predicted molar refractivity (Wildman–Crippen MR) is 59.1 cm³/mol. The van der Waals surface area contributed by atoms with Crippen LogP contribution in [-0.4, -0.2) is 25.2 Å². The van der Waals surface area contributed by atoms with Crippen molar-refractivity contribution in [3.05, 3.63) is 23.8 Å². The second-order valence-corrected chi connectivity index (χ2v) is 3.90. The molecule has 2 unspecified atom stereocenters. The summed E-state index contributed by atoms with van der Waals surface area (Å²) in [6, 6.07) is 0. The zero-order valence-corrected chi connectivity index (χ0v) is 9.48. The number of hydrogen-bond donors (Lipinski definition) is 2. The highest BCUT2D eigenvalue weighted by molar-refractivity contribution is 6.23. The second-order valence-electron chi connectivity index (χ2n) is 3.43.